The van der Waals surface area contributed by atoms with Crippen LogP contribution in [0.1, 0.15) is 17.2 Å². The van der Waals surface area contributed by atoms with Gasteiger partial charge in [-0.05, 0) is 31.5 Å². The molecule has 18 heavy (non-hydrogen) atoms. The molecule has 0 unspecified atom stereocenters. The van der Waals surface area contributed by atoms with Crippen molar-refractivity contribution < 1.29 is 0 Å². The molecule has 0 aliphatic heterocycles. The van der Waals surface area contributed by atoms with E-state index in [2.05, 4.69) is 52.2 Å². The first-order valence-corrected chi connectivity index (χ1v) is 6.06. The van der Waals surface area contributed by atoms with E-state index in [0.717, 1.165) is 18.2 Å². The summed E-state index contributed by atoms with van der Waals surface area (Å²) in [4.78, 5) is 0. The lowest BCUT2D eigenvalue weighted by atomic mass is 10.1. The standard InChI is InChI=1S/C14H16N4/c1-10-5-4-6-13-12(10)7-8-18(13)9-14-16-15-11(2)17(14)3/h4-8H,9H2,1-3H3. The van der Waals surface area contributed by atoms with Crippen LogP contribution in [-0.4, -0.2) is 19.3 Å². The first-order chi connectivity index (χ1) is 8.66. The zero-order valence-electron chi connectivity index (χ0n) is 10.9. The summed E-state index contributed by atoms with van der Waals surface area (Å²) in [5.74, 6) is 1.92. The van der Waals surface area contributed by atoms with Gasteiger partial charge in [0.1, 0.15) is 5.82 Å². The molecule has 3 rings (SSSR count). The highest BCUT2D eigenvalue weighted by atomic mass is 15.3. The molecule has 2 aromatic heterocycles. The quantitative estimate of drug-likeness (QED) is 0.689. The van der Waals surface area contributed by atoms with Crippen molar-refractivity contribution in [2.45, 2.75) is 20.4 Å². The molecule has 0 N–H and O–H groups in total. The molecule has 0 bridgehead atoms. The van der Waals surface area contributed by atoms with E-state index in [4.69, 9.17) is 0 Å². The van der Waals surface area contributed by atoms with Gasteiger partial charge in [0, 0.05) is 24.1 Å². The molecule has 0 saturated carbocycles. The van der Waals surface area contributed by atoms with Crippen LogP contribution in [0.2, 0.25) is 0 Å². The van der Waals surface area contributed by atoms with Crippen molar-refractivity contribution in [2.75, 3.05) is 0 Å². The number of hydrogen-bond acceptors (Lipinski definition) is 2. The number of benzene rings is 1. The van der Waals surface area contributed by atoms with E-state index in [0.29, 0.717) is 0 Å². The molecule has 3 aromatic rings. The van der Waals surface area contributed by atoms with Crippen molar-refractivity contribution in [2.24, 2.45) is 7.05 Å². The number of fused-ring (bicyclic) bond motifs is 1. The summed E-state index contributed by atoms with van der Waals surface area (Å²) in [6, 6.07) is 8.54. The van der Waals surface area contributed by atoms with E-state index < -0.39 is 0 Å². The summed E-state index contributed by atoms with van der Waals surface area (Å²) < 4.78 is 4.24. The van der Waals surface area contributed by atoms with Gasteiger partial charge in [-0.15, -0.1) is 10.2 Å². The SMILES string of the molecule is Cc1cccc2c1ccn2Cc1nnc(C)n1C. The Morgan fingerprint density at radius 2 is 1.94 bits per heavy atom. The fourth-order valence-electron chi connectivity index (χ4n) is 2.26. The third kappa shape index (κ3) is 1.61. The summed E-state index contributed by atoms with van der Waals surface area (Å²) in [6.45, 7) is 4.86. The van der Waals surface area contributed by atoms with Gasteiger partial charge in [0.05, 0.1) is 6.54 Å². The Hall–Kier alpha value is -2.10. The summed E-state index contributed by atoms with van der Waals surface area (Å²) in [5, 5.41) is 9.61. The number of rotatable bonds is 2. The van der Waals surface area contributed by atoms with Crippen molar-refractivity contribution >= 4 is 10.9 Å². The van der Waals surface area contributed by atoms with Crippen LogP contribution in [-0.2, 0) is 13.6 Å². The Labute approximate surface area is 106 Å². The molecule has 0 radical (unpaired) electrons. The molecule has 4 nitrogen and oxygen atoms in total. The van der Waals surface area contributed by atoms with Crippen LogP contribution in [0.15, 0.2) is 30.5 Å². The molecule has 0 saturated heterocycles. The Balaban J connectivity index is 2.06. The molecule has 2 heterocycles. The van der Waals surface area contributed by atoms with Crippen LogP contribution < -0.4 is 0 Å². The zero-order valence-corrected chi connectivity index (χ0v) is 10.9. The highest BCUT2D eigenvalue weighted by Crippen LogP contribution is 2.20. The number of aryl methyl sites for hydroxylation is 2. The molecular formula is C14H16N4. The Morgan fingerprint density at radius 1 is 1.11 bits per heavy atom. The zero-order chi connectivity index (χ0) is 12.7. The number of hydrogen-bond donors (Lipinski definition) is 0. The van der Waals surface area contributed by atoms with Crippen LogP contribution >= 0.6 is 0 Å². The fourth-order valence-corrected chi connectivity index (χ4v) is 2.26. The van der Waals surface area contributed by atoms with Crippen LogP contribution in [0.5, 0.6) is 0 Å². The van der Waals surface area contributed by atoms with Crippen molar-refractivity contribution in [1.29, 1.82) is 0 Å². The second kappa shape index (κ2) is 3.98. The van der Waals surface area contributed by atoms with Crippen molar-refractivity contribution in [3.63, 3.8) is 0 Å². The molecule has 1 aromatic carbocycles. The molecule has 92 valence electrons. The normalized spacial score (nSPS) is 11.3. The molecule has 0 fully saturated rings. The largest absolute Gasteiger partial charge is 0.340 e. The minimum atomic E-state index is 0.754. The average Bonchev–Trinajstić information content (AvgIpc) is 2.90. The maximum Gasteiger partial charge on any atom is 0.152 e. The second-order valence-electron chi connectivity index (χ2n) is 4.67. The molecule has 4 heteroatoms. The van der Waals surface area contributed by atoms with E-state index in [1.54, 1.807) is 0 Å². The summed E-state index contributed by atoms with van der Waals surface area (Å²) in [7, 11) is 2.00. The smallest absolute Gasteiger partial charge is 0.152 e. The predicted octanol–water partition coefficient (Wildman–Crippen LogP) is 2.43. The van der Waals surface area contributed by atoms with E-state index in [1.165, 1.54) is 16.5 Å². The third-order valence-electron chi connectivity index (χ3n) is 3.53. The monoisotopic (exact) mass is 240 g/mol. The Kier molecular flexibility index (Phi) is 2.44. The van der Waals surface area contributed by atoms with Crippen LogP contribution in [0.4, 0.5) is 0 Å². The molecule has 0 atom stereocenters. The van der Waals surface area contributed by atoms with E-state index >= 15 is 0 Å². The second-order valence-corrected chi connectivity index (χ2v) is 4.67. The predicted molar refractivity (Wildman–Crippen MR) is 71.5 cm³/mol. The number of nitrogens with zero attached hydrogens (tertiary/aromatic N) is 4. The summed E-state index contributed by atoms with van der Waals surface area (Å²) >= 11 is 0. The van der Waals surface area contributed by atoms with Crippen molar-refractivity contribution in [3.8, 4) is 0 Å². The minimum Gasteiger partial charge on any atom is -0.340 e. The highest BCUT2D eigenvalue weighted by Gasteiger charge is 2.08. The fraction of sp³-hybridized carbons (Fsp3) is 0.286. The average molecular weight is 240 g/mol. The van der Waals surface area contributed by atoms with Crippen LogP contribution in [0.25, 0.3) is 10.9 Å². The van der Waals surface area contributed by atoms with Crippen molar-refractivity contribution in [3.05, 3.63) is 47.7 Å². The van der Waals surface area contributed by atoms with Gasteiger partial charge in [-0.2, -0.15) is 0 Å². The molecule has 0 aliphatic carbocycles. The van der Waals surface area contributed by atoms with Gasteiger partial charge >= 0.3 is 0 Å². The summed E-state index contributed by atoms with van der Waals surface area (Å²) in [6.07, 6.45) is 2.11. The van der Waals surface area contributed by atoms with Crippen LogP contribution in [0, 0.1) is 13.8 Å². The van der Waals surface area contributed by atoms with Gasteiger partial charge in [-0.1, -0.05) is 12.1 Å². The van der Waals surface area contributed by atoms with Gasteiger partial charge in [0.2, 0.25) is 0 Å². The first kappa shape index (κ1) is 11.0. The van der Waals surface area contributed by atoms with Gasteiger partial charge in [0.15, 0.2) is 5.82 Å². The first-order valence-electron chi connectivity index (χ1n) is 6.06. The molecule has 0 amide bonds. The summed E-state index contributed by atoms with van der Waals surface area (Å²) in [5.41, 5.74) is 2.55. The lowest BCUT2D eigenvalue weighted by Gasteiger charge is -2.06. The molecule has 0 aliphatic rings. The number of aromatic nitrogens is 4. The Morgan fingerprint density at radius 3 is 2.67 bits per heavy atom. The van der Waals surface area contributed by atoms with Crippen LogP contribution in [0.3, 0.4) is 0 Å². The highest BCUT2D eigenvalue weighted by molar-refractivity contribution is 5.83. The maximum absolute atomic E-state index is 4.21. The topological polar surface area (TPSA) is 35.6 Å². The maximum atomic E-state index is 4.21. The van der Waals surface area contributed by atoms with Gasteiger partial charge in [-0.3, -0.25) is 0 Å². The third-order valence-corrected chi connectivity index (χ3v) is 3.53. The van der Waals surface area contributed by atoms with Gasteiger partial charge in [-0.25, -0.2) is 0 Å². The van der Waals surface area contributed by atoms with E-state index in [1.807, 2.05) is 18.5 Å². The lowest BCUT2D eigenvalue weighted by molar-refractivity contribution is 0.708. The van der Waals surface area contributed by atoms with Crippen molar-refractivity contribution in [1.82, 2.24) is 19.3 Å². The van der Waals surface area contributed by atoms with E-state index in [-0.39, 0.29) is 0 Å². The molecular weight excluding hydrogens is 224 g/mol. The lowest BCUT2D eigenvalue weighted by Crippen LogP contribution is -2.05. The van der Waals surface area contributed by atoms with Gasteiger partial charge in [0.25, 0.3) is 0 Å². The Bertz CT molecular complexity index is 706. The minimum absolute atomic E-state index is 0.754. The van der Waals surface area contributed by atoms with E-state index in [9.17, 15) is 0 Å². The van der Waals surface area contributed by atoms with Gasteiger partial charge < -0.3 is 9.13 Å². The molecule has 0 spiro atoms.